The average Bonchev–Trinajstić information content (AvgIpc) is 2.80. The first-order valence-corrected chi connectivity index (χ1v) is 10.8. The lowest BCUT2D eigenvalue weighted by Crippen LogP contribution is -2.35. The van der Waals surface area contributed by atoms with Crippen molar-refractivity contribution in [2.24, 2.45) is 5.92 Å². The molecular formula is C24H29N5O2. The molecule has 1 fully saturated rings. The summed E-state index contributed by atoms with van der Waals surface area (Å²) in [5, 5.41) is 10.9. The maximum absolute atomic E-state index is 11.6. The second-order valence-corrected chi connectivity index (χ2v) is 8.00. The van der Waals surface area contributed by atoms with Gasteiger partial charge in [0.2, 0.25) is 11.9 Å². The van der Waals surface area contributed by atoms with Gasteiger partial charge in [0.05, 0.1) is 5.52 Å². The van der Waals surface area contributed by atoms with Crippen molar-refractivity contribution in [1.29, 1.82) is 0 Å². The number of para-hydroxylation sites is 2. The van der Waals surface area contributed by atoms with Crippen LogP contribution in [0, 0.1) is 5.92 Å². The summed E-state index contributed by atoms with van der Waals surface area (Å²) >= 11 is 0. The molecule has 1 aliphatic rings. The molecule has 1 amide bonds. The van der Waals surface area contributed by atoms with Gasteiger partial charge >= 0.3 is 0 Å². The summed E-state index contributed by atoms with van der Waals surface area (Å²) in [7, 11) is 1.53. The number of hydrogen-bond acceptors (Lipinski definition) is 6. The maximum atomic E-state index is 11.6. The molecule has 162 valence electrons. The molecular weight excluding hydrogens is 390 g/mol. The van der Waals surface area contributed by atoms with Crippen molar-refractivity contribution in [3.63, 3.8) is 0 Å². The van der Waals surface area contributed by atoms with Gasteiger partial charge in [-0.2, -0.15) is 4.98 Å². The number of rotatable bonds is 8. The SMILES string of the molecule is COCC(=O)NCC1CCC(Nc2nc(Nc3ccccc3)c3ccccc3n2)CC1. The van der Waals surface area contributed by atoms with Crippen LogP contribution < -0.4 is 16.0 Å². The fourth-order valence-electron chi connectivity index (χ4n) is 4.03. The molecule has 0 bridgehead atoms. The number of nitrogens with zero attached hydrogens (tertiary/aromatic N) is 2. The monoisotopic (exact) mass is 419 g/mol. The topological polar surface area (TPSA) is 88.2 Å². The molecule has 1 heterocycles. The Bertz CT molecular complexity index is 1000. The maximum Gasteiger partial charge on any atom is 0.245 e. The highest BCUT2D eigenvalue weighted by molar-refractivity contribution is 5.91. The summed E-state index contributed by atoms with van der Waals surface area (Å²) in [5.41, 5.74) is 1.90. The molecule has 1 saturated carbocycles. The van der Waals surface area contributed by atoms with E-state index in [9.17, 15) is 4.79 Å². The van der Waals surface area contributed by atoms with Crippen LogP contribution in [0.5, 0.6) is 0 Å². The number of nitrogens with one attached hydrogen (secondary N) is 3. The van der Waals surface area contributed by atoms with Crippen LogP contribution in [0.4, 0.5) is 17.5 Å². The second-order valence-electron chi connectivity index (χ2n) is 8.00. The van der Waals surface area contributed by atoms with E-state index in [1.54, 1.807) is 0 Å². The quantitative estimate of drug-likeness (QED) is 0.509. The van der Waals surface area contributed by atoms with Crippen molar-refractivity contribution in [2.75, 3.05) is 30.9 Å². The summed E-state index contributed by atoms with van der Waals surface area (Å²) in [6.07, 6.45) is 4.19. The van der Waals surface area contributed by atoms with E-state index in [0.717, 1.165) is 48.1 Å². The lowest BCUT2D eigenvalue weighted by atomic mass is 9.86. The molecule has 0 saturated heterocycles. The van der Waals surface area contributed by atoms with Crippen LogP contribution in [0.25, 0.3) is 10.9 Å². The number of amides is 1. The van der Waals surface area contributed by atoms with Crippen LogP contribution in [0.2, 0.25) is 0 Å². The van der Waals surface area contributed by atoms with Gasteiger partial charge in [-0.15, -0.1) is 0 Å². The predicted octanol–water partition coefficient (Wildman–Crippen LogP) is 4.11. The number of ether oxygens (including phenoxy) is 1. The van der Waals surface area contributed by atoms with E-state index in [2.05, 4.69) is 16.0 Å². The molecule has 3 N–H and O–H groups in total. The smallest absolute Gasteiger partial charge is 0.245 e. The van der Waals surface area contributed by atoms with E-state index in [-0.39, 0.29) is 12.5 Å². The van der Waals surface area contributed by atoms with Crippen molar-refractivity contribution in [3.05, 3.63) is 54.6 Å². The zero-order valence-electron chi connectivity index (χ0n) is 17.8. The first-order valence-electron chi connectivity index (χ1n) is 10.8. The summed E-state index contributed by atoms with van der Waals surface area (Å²) in [6.45, 7) is 0.835. The van der Waals surface area contributed by atoms with Crippen molar-refractivity contribution in [2.45, 2.75) is 31.7 Å². The minimum atomic E-state index is -0.0502. The van der Waals surface area contributed by atoms with Crippen molar-refractivity contribution < 1.29 is 9.53 Å². The summed E-state index contributed by atoms with van der Waals surface area (Å²) in [5.74, 6) is 1.90. The Morgan fingerprint density at radius 3 is 2.52 bits per heavy atom. The summed E-state index contributed by atoms with van der Waals surface area (Å²) in [6, 6.07) is 18.4. The van der Waals surface area contributed by atoms with E-state index in [0.29, 0.717) is 24.5 Å². The Balaban J connectivity index is 1.40. The number of benzene rings is 2. The normalized spacial score (nSPS) is 18.5. The number of hydrogen-bond donors (Lipinski definition) is 3. The third-order valence-electron chi connectivity index (χ3n) is 5.68. The second kappa shape index (κ2) is 10.2. The van der Waals surface area contributed by atoms with Gasteiger partial charge in [0.1, 0.15) is 12.4 Å². The van der Waals surface area contributed by atoms with Crippen LogP contribution in [0.15, 0.2) is 54.6 Å². The Morgan fingerprint density at radius 2 is 1.74 bits per heavy atom. The van der Waals surface area contributed by atoms with E-state index in [1.807, 2.05) is 54.6 Å². The number of fused-ring (bicyclic) bond motifs is 1. The van der Waals surface area contributed by atoms with Crippen molar-refractivity contribution in [3.8, 4) is 0 Å². The molecule has 0 spiro atoms. The van der Waals surface area contributed by atoms with Gasteiger partial charge in [0, 0.05) is 30.8 Å². The molecule has 0 aliphatic heterocycles. The van der Waals surface area contributed by atoms with Gasteiger partial charge in [-0.3, -0.25) is 4.79 Å². The van der Waals surface area contributed by atoms with Gasteiger partial charge in [-0.05, 0) is 55.9 Å². The van der Waals surface area contributed by atoms with Crippen molar-refractivity contribution >= 4 is 34.3 Å². The Labute approximate surface area is 182 Å². The minimum Gasteiger partial charge on any atom is -0.375 e. The zero-order chi connectivity index (χ0) is 21.5. The van der Waals surface area contributed by atoms with E-state index < -0.39 is 0 Å². The molecule has 0 unspecified atom stereocenters. The molecule has 7 nitrogen and oxygen atoms in total. The number of anilines is 3. The Morgan fingerprint density at radius 1 is 1.00 bits per heavy atom. The Kier molecular flexibility index (Phi) is 6.94. The molecule has 4 rings (SSSR count). The zero-order valence-corrected chi connectivity index (χ0v) is 17.8. The molecule has 7 heteroatoms. The number of methoxy groups -OCH3 is 1. The molecule has 3 aromatic rings. The third kappa shape index (κ3) is 5.70. The first-order chi connectivity index (χ1) is 15.2. The highest BCUT2D eigenvalue weighted by atomic mass is 16.5. The van der Waals surface area contributed by atoms with Gasteiger partial charge in [-0.25, -0.2) is 4.98 Å². The minimum absolute atomic E-state index is 0.0502. The summed E-state index contributed by atoms with van der Waals surface area (Å²) in [4.78, 5) is 21.1. The fourth-order valence-corrected chi connectivity index (χ4v) is 4.03. The number of carbonyl (C=O) groups excluding carboxylic acids is 1. The van der Waals surface area contributed by atoms with E-state index >= 15 is 0 Å². The Hall–Kier alpha value is -3.19. The third-order valence-corrected chi connectivity index (χ3v) is 5.68. The van der Waals surface area contributed by atoms with Gasteiger partial charge in [0.15, 0.2) is 0 Å². The number of aromatic nitrogens is 2. The van der Waals surface area contributed by atoms with E-state index in [4.69, 9.17) is 14.7 Å². The van der Waals surface area contributed by atoms with Crippen LogP contribution in [0.1, 0.15) is 25.7 Å². The van der Waals surface area contributed by atoms with Crippen LogP contribution in [0.3, 0.4) is 0 Å². The largest absolute Gasteiger partial charge is 0.375 e. The first kappa shape index (κ1) is 21.1. The van der Waals surface area contributed by atoms with Gasteiger partial charge in [0.25, 0.3) is 0 Å². The number of carbonyl (C=O) groups is 1. The van der Waals surface area contributed by atoms with Gasteiger partial charge in [-0.1, -0.05) is 30.3 Å². The molecule has 0 atom stereocenters. The molecule has 0 radical (unpaired) electrons. The lowest BCUT2D eigenvalue weighted by Gasteiger charge is -2.29. The average molecular weight is 420 g/mol. The van der Waals surface area contributed by atoms with Crippen LogP contribution in [-0.2, 0) is 9.53 Å². The molecule has 1 aliphatic carbocycles. The predicted molar refractivity (Wildman–Crippen MR) is 124 cm³/mol. The standard InChI is InChI=1S/C24H29N5O2/c1-31-16-22(30)25-15-17-11-13-19(14-12-17)27-24-28-21-10-6-5-9-20(21)23(29-24)26-18-7-3-2-4-8-18/h2-10,17,19H,11-16H2,1H3,(H,25,30)(H2,26,27,28,29). The molecule has 31 heavy (non-hydrogen) atoms. The van der Waals surface area contributed by atoms with E-state index in [1.165, 1.54) is 7.11 Å². The fraction of sp³-hybridized carbons (Fsp3) is 0.375. The highest BCUT2D eigenvalue weighted by Gasteiger charge is 2.22. The van der Waals surface area contributed by atoms with Gasteiger partial charge < -0.3 is 20.7 Å². The molecule has 1 aromatic heterocycles. The highest BCUT2D eigenvalue weighted by Crippen LogP contribution is 2.28. The van der Waals surface area contributed by atoms with Crippen LogP contribution >= 0.6 is 0 Å². The van der Waals surface area contributed by atoms with Crippen molar-refractivity contribution in [1.82, 2.24) is 15.3 Å². The van der Waals surface area contributed by atoms with Crippen LogP contribution in [-0.4, -0.2) is 42.2 Å². The lowest BCUT2D eigenvalue weighted by molar-refractivity contribution is -0.124. The summed E-state index contributed by atoms with van der Waals surface area (Å²) < 4.78 is 4.86. The molecule has 2 aromatic carbocycles.